The van der Waals surface area contributed by atoms with Crippen LogP contribution in [0, 0.1) is 0 Å². The minimum absolute atomic E-state index is 0.0202. The third kappa shape index (κ3) is 4.39. The highest BCUT2D eigenvalue weighted by Gasteiger charge is 2.18. The van der Waals surface area contributed by atoms with Gasteiger partial charge in [0.05, 0.1) is 4.90 Å². The molecule has 0 aliphatic carbocycles. The second-order valence-corrected chi connectivity index (χ2v) is 8.13. The Kier molecular flexibility index (Phi) is 5.20. The number of carbonyl (C=O) groups excluding carboxylic acids is 1. The van der Waals surface area contributed by atoms with Gasteiger partial charge < -0.3 is 14.8 Å². The molecule has 7 nitrogen and oxygen atoms in total. The summed E-state index contributed by atoms with van der Waals surface area (Å²) < 4.78 is 38.3. The first kappa shape index (κ1) is 19.0. The molecule has 1 heterocycles. The van der Waals surface area contributed by atoms with Crippen molar-refractivity contribution in [2.45, 2.75) is 11.4 Å². The van der Waals surface area contributed by atoms with Gasteiger partial charge in [-0.25, -0.2) is 13.1 Å². The minimum Gasteiger partial charge on any atom is -0.454 e. The minimum atomic E-state index is -3.76. The highest BCUT2D eigenvalue weighted by Crippen LogP contribution is 2.34. The average molecular weight is 410 g/mol. The lowest BCUT2D eigenvalue weighted by molar-refractivity contribution is 0.102. The first-order chi connectivity index (χ1) is 14.0. The van der Waals surface area contributed by atoms with Gasteiger partial charge in [-0.2, -0.15) is 0 Å². The summed E-state index contributed by atoms with van der Waals surface area (Å²) in [4.78, 5) is 12.6. The summed E-state index contributed by atoms with van der Waals surface area (Å²) in [6, 6.07) is 20.1. The van der Waals surface area contributed by atoms with E-state index in [2.05, 4.69) is 10.0 Å². The van der Waals surface area contributed by atoms with Gasteiger partial charge in [0.2, 0.25) is 16.8 Å². The summed E-state index contributed by atoms with van der Waals surface area (Å²) >= 11 is 0. The van der Waals surface area contributed by atoms with Gasteiger partial charge in [-0.05, 0) is 35.9 Å². The molecule has 0 unspecified atom stereocenters. The summed E-state index contributed by atoms with van der Waals surface area (Å²) in [5, 5.41) is 2.73. The maximum absolute atomic E-state index is 12.6. The van der Waals surface area contributed by atoms with Crippen LogP contribution in [0.1, 0.15) is 15.9 Å². The van der Waals surface area contributed by atoms with Crippen LogP contribution in [0.3, 0.4) is 0 Å². The van der Waals surface area contributed by atoms with Gasteiger partial charge in [0.25, 0.3) is 5.91 Å². The fourth-order valence-corrected chi connectivity index (χ4v) is 3.90. The molecule has 0 saturated carbocycles. The lowest BCUT2D eigenvalue weighted by atomic mass is 10.2. The molecule has 3 aromatic rings. The van der Waals surface area contributed by atoms with Gasteiger partial charge in [-0.1, -0.05) is 36.4 Å². The van der Waals surface area contributed by atoms with Gasteiger partial charge in [0.15, 0.2) is 11.5 Å². The summed E-state index contributed by atoms with van der Waals surface area (Å²) in [6.45, 7) is 0.305. The van der Waals surface area contributed by atoms with Crippen molar-refractivity contribution in [2.75, 3.05) is 12.1 Å². The molecule has 29 heavy (non-hydrogen) atoms. The van der Waals surface area contributed by atoms with Crippen molar-refractivity contribution in [3.05, 3.63) is 83.9 Å². The second-order valence-electron chi connectivity index (χ2n) is 6.36. The normalized spacial score (nSPS) is 12.6. The van der Waals surface area contributed by atoms with E-state index in [9.17, 15) is 13.2 Å². The molecule has 8 heteroatoms. The number of carbonyl (C=O) groups is 1. The highest BCUT2D eigenvalue weighted by atomic mass is 32.2. The van der Waals surface area contributed by atoms with Crippen LogP contribution in [-0.4, -0.2) is 21.1 Å². The van der Waals surface area contributed by atoms with E-state index in [0.717, 1.165) is 5.56 Å². The molecule has 2 N–H and O–H groups in total. The van der Waals surface area contributed by atoms with Gasteiger partial charge in [0.1, 0.15) is 0 Å². The number of hydrogen-bond donors (Lipinski definition) is 2. The van der Waals surface area contributed by atoms with E-state index in [1.54, 1.807) is 24.3 Å². The molecule has 3 aromatic carbocycles. The maximum Gasteiger partial charge on any atom is 0.255 e. The number of nitrogens with one attached hydrogen (secondary N) is 2. The van der Waals surface area contributed by atoms with Gasteiger partial charge in [0, 0.05) is 23.9 Å². The number of anilines is 1. The van der Waals surface area contributed by atoms with Crippen LogP contribution < -0.4 is 19.5 Å². The highest BCUT2D eigenvalue weighted by molar-refractivity contribution is 7.89. The van der Waals surface area contributed by atoms with Crippen molar-refractivity contribution < 1.29 is 22.7 Å². The first-order valence-corrected chi connectivity index (χ1v) is 10.3. The number of benzene rings is 3. The molecule has 0 radical (unpaired) electrons. The van der Waals surface area contributed by atoms with E-state index < -0.39 is 15.9 Å². The molecular weight excluding hydrogens is 392 g/mol. The van der Waals surface area contributed by atoms with Crippen LogP contribution in [0.15, 0.2) is 77.7 Å². The zero-order valence-electron chi connectivity index (χ0n) is 15.3. The average Bonchev–Trinajstić information content (AvgIpc) is 3.21. The summed E-state index contributed by atoms with van der Waals surface area (Å²) in [7, 11) is -3.76. The Morgan fingerprint density at radius 2 is 1.69 bits per heavy atom. The largest absolute Gasteiger partial charge is 0.454 e. The van der Waals surface area contributed by atoms with E-state index in [1.807, 2.05) is 30.3 Å². The third-order valence-corrected chi connectivity index (χ3v) is 5.75. The molecular formula is C21H18N2O5S. The van der Waals surface area contributed by atoms with Crippen LogP contribution >= 0.6 is 0 Å². The molecule has 0 spiro atoms. The Morgan fingerprint density at radius 1 is 0.897 bits per heavy atom. The van der Waals surface area contributed by atoms with Gasteiger partial charge in [-0.3, -0.25) is 4.79 Å². The molecule has 148 valence electrons. The Morgan fingerprint density at radius 3 is 2.52 bits per heavy atom. The SMILES string of the molecule is O=C(Nc1ccc2c(c1)OCO2)c1cccc(S(=O)(=O)NCc2ccccc2)c1. The Labute approximate surface area is 168 Å². The van der Waals surface area contributed by atoms with Crippen LogP contribution in [0.5, 0.6) is 11.5 Å². The maximum atomic E-state index is 12.6. The smallest absolute Gasteiger partial charge is 0.255 e. The fraction of sp³-hybridized carbons (Fsp3) is 0.0952. The predicted octanol–water partition coefficient (Wildman–Crippen LogP) is 3.15. The molecule has 0 saturated heterocycles. The van der Waals surface area contributed by atoms with Crippen LogP contribution in [0.25, 0.3) is 0 Å². The first-order valence-electron chi connectivity index (χ1n) is 8.86. The number of rotatable bonds is 6. The second kappa shape index (κ2) is 7.94. The quantitative estimate of drug-likeness (QED) is 0.651. The predicted molar refractivity (Wildman–Crippen MR) is 107 cm³/mol. The Balaban J connectivity index is 1.48. The third-order valence-electron chi connectivity index (χ3n) is 4.35. The molecule has 0 atom stereocenters. The van der Waals surface area contributed by atoms with E-state index in [0.29, 0.717) is 17.2 Å². The van der Waals surface area contributed by atoms with E-state index in [4.69, 9.17) is 9.47 Å². The van der Waals surface area contributed by atoms with E-state index in [1.165, 1.54) is 18.2 Å². The Bertz CT molecular complexity index is 1150. The van der Waals surface area contributed by atoms with Gasteiger partial charge in [-0.15, -0.1) is 0 Å². The Hall–Kier alpha value is -3.36. The number of amides is 1. The van der Waals surface area contributed by atoms with Crippen molar-refractivity contribution in [3.63, 3.8) is 0 Å². The molecule has 1 amide bonds. The summed E-state index contributed by atoms with van der Waals surface area (Å²) in [5.74, 6) is 0.730. The number of ether oxygens (including phenoxy) is 2. The van der Waals surface area contributed by atoms with Crippen molar-refractivity contribution in [2.24, 2.45) is 0 Å². The van der Waals surface area contributed by atoms with E-state index >= 15 is 0 Å². The lowest BCUT2D eigenvalue weighted by Gasteiger charge is -2.09. The fourth-order valence-electron chi connectivity index (χ4n) is 2.84. The number of hydrogen-bond acceptors (Lipinski definition) is 5. The van der Waals surface area contributed by atoms with E-state index in [-0.39, 0.29) is 23.8 Å². The molecule has 0 aromatic heterocycles. The van der Waals surface area contributed by atoms with Crippen LogP contribution in [-0.2, 0) is 16.6 Å². The lowest BCUT2D eigenvalue weighted by Crippen LogP contribution is -2.23. The van der Waals surface area contributed by atoms with Crippen LogP contribution in [0.4, 0.5) is 5.69 Å². The van der Waals surface area contributed by atoms with Crippen molar-refractivity contribution in [3.8, 4) is 11.5 Å². The number of sulfonamides is 1. The summed E-state index contributed by atoms with van der Waals surface area (Å²) in [5.41, 5.74) is 1.59. The molecule has 1 aliphatic rings. The van der Waals surface area contributed by atoms with Crippen molar-refractivity contribution >= 4 is 21.6 Å². The van der Waals surface area contributed by atoms with Crippen molar-refractivity contribution in [1.29, 1.82) is 0 Å². The molecule has 1 aliphatic heterocycles. The topological polar surface area (TPSA) is 93.7 Å². The monoisotopic (exact) mass is 410 g/mol. The van der Waals surface area contributed by atoms with Gasteiger partial charge >= 0.3 is 0 Å². The molecule has 0 fully saturated rings. The van der Waals surface area contributed by atoms with Crippen LogP contribution in [0.2, 0.25) is 0 Å². The van der Waals surface area contributed by atoms with Crippen molar-refractivity contribution in [1.82, 2.24) is 4.72 Å². The zero-order valence-corrected chi connectivity index (χ0v) is 16.1. The summed E-state index contributed by atoms with van der Waals surface area (Å²) in [6.07, 6.45) is 0. The molecule has 0 bridgehead atoms. The zero-order chi connectivity index (χ0) is 20.3. The molecule has 4 rings (SSSR count). The standard InChI is InChI=1S/C21H18N2O5S/c24-21(23-17-9-10-19-20(12-17)28-14-27-19)16-7-4-8-18(11-16)29(25,26)22-13-15-5-2-1-3-6-15/h1-12,22H,13-14H2,(H,23,24). The number of fused-ring (bicyclic) bond motifs is 1.